The van der Waals surface area contributed by atoms with E-state index < -0.39 is 0 Å². The molecule has 0 bridgehead atoms. The molecule has 0 unspecified atom stereocenters. The summed E-state index contributed by atoms with van der Waals surface area (Å²) in [6.45, 7) is 3.70. The molecule has 0 fully saturated rings. The van der Waals surface area contributed by atoms with Crippen LogP contribution >= 0.6 is 0 Å². The molecule has 0 amide bonds. The summed E-state index contributed by atoms with van der Waals surface area (Å²) < 4.78 is 5.21. The van der Waals surface area contributed by atoms with Gasteiger partial charge in [0, 0.05) is 6.61 Å². The summed E-state index contributed by atoms with van der Waals surface area (Å²) in [5, 5.41) is 8.23. The fraction of sp³-hybridized carbons (Fsp3) is 0.750. The van der Waals surface area contributed by atoms with Gasteiger partial charge in [-0.15, -0.1) is 0 Å². The Morgan fingerprint density at radius 1 is 1.40 bits per heavy atom. The van der Waals surface area contributed by atoms with Gasteiger partial charge >= 0.3 is 0 Å². The van der Waals surface area contributed by atoms with Crippen molar-refractivity contribution >= 4 is 0 Å². The quantitative estimate of drug-likeness (QED) is 0.457. The topological polar surface area (TPSA) is 29.5 Å². The van der Waals surface area contributed by atoms with E-state index in [9.17, 15) is 0 Å². The third kappa shape index (κ3) is 7.50. The summed E-state index contributed by atoms with van der Waals surface area (Å²) in [4.78, 5) is 0. The van der Waals surface area contributed by atoms with E-state index in [0.29, 0.717) is 0 Å². The summed E-state index contributed by atoms with van der Waals surface area (Å²) in [6, 6.07) is 0. The van der Waals surface area contributed by atoms with Crippen LogP contribution in [0.5, 0.6) is 0 Å². The predicted molar refractivity (Wildman–Crippen MR) is 42.1 cm³/mol. The second-order valence-electron chi connectivity index (χ2n) is 2.14. The molecule has 0 aromatic carbocycles. The first kappa shape index (κ1) is 9.50. The predicted octanol–water partition coefficient (Wildman–Crippen LogP) is 2.26. The van der Waals surface area contributed by atoms with Crippen LogP contribution in [0.2, 0.25) is 0 Å². The molecule has 10 heavy (non-hydrogen) atoms. The molecule has 0 aliphatic rings. The normalized spacial score (nSPS) is 10.9. The Kier molecular flexibility index (Phi) is 8.07. The van der Waals surface area contributed by atoms with Gasteiger partial charge < -0.3 is 9.84 Å². The fourth-order valence-corrected chi connectivity index (χ4v) is 0.574. The lowest BCUT2D eigenvalue weighted by atomic mass is 10.4. The van der Waals surface area contributed by atoms with Crippen LogP contribution in [-0.4, -0.2) is 18.3 Å². The molecule has 2 heteroatoms. The molecular weight excluding hydrogens is 128 g/mol. The van der Waals surface area contributed by atoms with Gasteiger partial charge in [0.25, 0.3) is 0 Å². The third-order valence-electron chi connectivity index (χ3n) is 1.18. The van der Waals surface area contributed by atoms with Crippen molar-refractivity contribution in [3.63, 3.8) is 0 Å². The zero-order valence-electron chi connectivity index (χ0n) is 6.55. The SMILES string of the molecule is CCCCOCCC=CO. The highest BCUT2D eigenvalue weighted by Crippen LogP contribution is 1.89. The highest BCUT2D eigenvalue weighted by atomic mass is 16.5. The van der Waals surface area contributed by atoms with Crippen LogP contribution in [0.1, 0.15) is 26.2 Å². The Morgan fingerprint density at radius 3 is 2.80 bits per heavy atom. The van der Waals surface area contributed by atoms with Gasteiger partial charge in [0.2, 0.25) is 0 Å². The highest BCUT2D eigenvalue weighted by molar-refractivity contribution is 4.70. The molecule has 0 aliphatic carbocycles. The molecule has 0 aliphatic heterocycles. The van der Waals surface area contributed by atoms with E-state index in [4.69, 9.17) is 9.84 Å². The maximum absolute atomic E-state index is 8.23. The number of hydrogen-bond donors (Lipinski definition) is 1. The molecule has 0 rings (SSSR count). The van der Waals surface area contributed by atoms with E-state index in [1.807, 2.05) is 0 Å². The van der Waals surface area contributed by atoms with Gasteiger partial charge in [0.1, 0.15) is 0 Å². The summed E-state index contributed by atoms with van der Waals surface area (Å²) in [7, 11) is 0. The molecule has 0 spiro atoms. The van der Waals surface area contributed by atoms with E-state index in [1.165, 1.54) is 6.42 Å². The van der Waals surface area contributed by atoms with E-state index >= 15 is 0 Å². The molecule has 0 aromatic heterocycles. The van der Waals surface area contributed by atoms with Crippen LogP contribution in [0, 0.1) is 0 Å². The number of aliphatic hydroxyl groups excluding tert-OH is 1. The summed E-state index contributed by atoms with van der Waals surface area (Å²) >= 11 is 0. The van der Waals surface area contributed by atoms with E-state index in [2.05, 4.69) is 6.92 Å². The van der Waals surface area contributed by atoms with Gasteiger partial charge in [-0.3, -0.25) is 0 Å². The van der Waals surface area contributed by atoms with Gasteiger partial charge in [-0.25, -0.2) is 0 Å². The van der Waals surface area contributed by atoms with Crippen LogP contribution in [0.4, 0.5) is 0 Å². The fourth-order valence-electron chi connectivity index (χ4n) is 0.574. The molecule has 0 heterocycles. The molecular formula is C8H16O2. The first-order valence-electron chi connectivity index (χ1n) is 3.78. The Balaban J connectivity index is 2.77. The maximum Gasteiger partial charge on any atom is 0.0752 e. The Hall–Kier alpha value is -0.500. The van der Waals surface area contributed by atoms with Gasteiger partial charge in [0.15, 0.2) is 0 Å². The van der Waals surface area contributed by atoms with Crippen LogP contribution in [0.15, 0.2) is 12.3 Å². The molecule has 0 radical (unpaired) electrons. The summed E-state index contributed by atoms with van der Waals surface area (Å²) in [5.41, 5.74) is 0. The van der Waals surface area contributed by atoms with Crippen molar-refractivity contribution in [3.8, 4) is 0 Å². The number of aliphatic hydroxyl groups is 1. The number of hydrogen-bond acceptors (Lipinski definition) is 2. The summed E-state index contributed by atoms with van der Waals surface area (Å²) in [6.07, 6.45) is 5.86. The number of unbranched alkanes of at least 4 members (excludes halogenated alkanes) is 1. The lowest BCUT2D eigenvalue weighted by Crippen LogP contribution is -1.94. The largest absolute Gasteiger partial charge is 0.516 e. The molecule has 1 N–H and O–H groups in total. The van der Waals surface area contributed by atoms with Crippen molar-refractivity contribution in [1.29, 1.82) is 0 Å². The van der Waals surface area contributed by atoms with Crippen molar-refractivity contribution in [1.82, 2.24) is 0 Å². The molecule has 0 saturated heterocycles. The minimum absolute atomic E-state index is 0.719. The lowest BCUT2D eigenvalue weighted by molar-refractivity contribution is 0.135. The first-order valence-corrected chi connectivity index (χ1v) is 3.78. The van der Waals surface area contributed by atoms with Crippen molar-refractivity contribution in [2.45, 2.75) is 26.2 Å². The van der Waals surface area contributed by atoms with Gasteiger partial charge in [-0.05, 0) is 18.9 Å². The van der Waals surface area contributed by atoms with Crippen molar-refractivity contribution < 1.29 is 9.84 Å². The van der Waals surface area contributed by atoms with Crippen molar-refractivity contribution in [2.24, 2.45) is 0 Å². The molecule has 60 valence electrons. The van der Waals surface area contributed by atoms with Gasteiger partial charge in [0.05, 0.1) is 12.9 Å². The molecule has 0 saturated carbocycles. The van der Waals surface area contributed by atoms with Crippen molar-refractivity contribution in [2.75, 3.05) is 13.2 Å². The standard InChI is InChI=1S/C8H16O2/c1-2-3-7-10-8-5-4-6-9/h4,6,9H,2-3,5,7-8H2,1H3. The maximum atomic E-state index is 8.23. The molecule has 0 aromatic rings. The summed E-state index contributed by atoms with van der Waals surface area (Å²) in [5.74, 6) is 0. The number of ether oxygens (including phenoxy) is 1. The first-order chi connectivity index (χ1) is 4.91. The van der Waals surface area contributed by atoms with Crippen LogP contribution in [0.3, 0.4) is 0 Å². The van der Waals surface area contributed by atoms with Crippen LogP contribution < -0.4 is 0 Å². The molecule has 2 nitrogen and oxygen atoms in total. The van der Waals surface area contributed by atoms with Crippen LogP contribution in [-0.2, 0) is 4.74 Å². The second-order valence-corrected chi connectivity index (χ2v) is 2.14. The molecule has 0 atom stereocenters. The van der Waals surface area contributed by atoms with E-state index in [-0.39, 0.29) is 0 Å². The second kappa shape index (κ2) is 8.50. The third-order valence-corrected chi connectivity index (χ3v) is 1.18. The van der Waals surface area contributed by atoms with Crippen LogP contribution in [0.25, 0.3) is 0 Å². The lowest BCUT2D eigenvalue weighted by Gasteiger charge is -1.98. The van der Waals surface area contributed by atoms with Gasteiger partial charge in [-0.2, -0.15) is 0 Å². The monoisotopic (exact) mass is 144 g/mol. The Bertz CT molecular complexity index is 79.3. The Labute approximate surface area is 62.5 Å². The average molecular weight is 144 g/mol. The van der Waals surface area contributed by atoms with E-state index in [0.717, 1.165) is 32.3 Å². The minimum atomic E-state index is 0.719. The zero-order valence-corrected chi connectivity index (χ0v) is 6.55. The zero-order chi connectivity index (χ0) is 7.66. The van der Waals surface area contributed by atoms with E-state index in [1.54, 1.807) is 6.08 Å². The smallest absolute Gasteiger partial charge is 0.0752 e. The van der Waals surface area contributed by atoms with Gasteiger partial charge in [-0.1, -0.05) is 13.3 Å². The van der Waals surface area contributed by atoms with Crippen molar-refractivity contribution in [3.05, 3.63) is 12.3 Å². The number of rotatable bonds is 6. The average Bonchev–Trinajstić information content (AvgIpc) is 1.97. The Morgan fingerprint density at radius 2 is 2.20 bits per heavy atom. The minimum Gasteiger partial charge on any atom is -0.516 e. The highest BCUT2D eigenvalue weighted by Gasteiger charge is 1.83.